The number of aromatic carboxylic acids is 1. The van der Waals surface area contributed by atoms with E-state index in [4.69, 9.17) is 0 Å². The van der Waals surface area contributed by atoms with Gasteiger partial charge in [-0.1, -0.05) is 6.07 Å². The van der Waals surface area contributed by atoms with Gasteiger partial charge in [-0.25, -0.2) is 9.78 Å². The molecule has 5 heteroatoms. The maximum absolute atomic E-state index is 11.5. The number of rotatable bonds is 4. The van der Waals surface area contributed by atoms with E-state index in [1.165, 1.54) is 6.42 Å². The minimum absolute atomic E-state index is 0.129. The van der Waals surface area contributed by atoms with E-state index in [1.807, 2.05) is 13.0 Å². The van der Waals surface area contributed by atoms with Crippen LogP contribution in [0.15, 0.2) is 18.2 Å². The Kier molecular flexibility index (Phi) is 3.24. The van der Waals surface area contributed by atoms with Crippen LogP contribution in [0.3, 0.4) is 0 Å². The van der Waals surface area contributed by atoms with Crippen molar-refractivity contribution in [3.63, 3.8) is 0 Å². The monoisotopic (exact) mass is 287 g/mol. The van der Waals surface area contributed by atoms with Gasteiger partial charge in [0, 0.05) is 12.1 Å². The topological polar surface area (TPSA) is 58.4 Å². The van der Waals surface area contributed by atoms with Gasteiger partial charge in [0.2, 0.25) is 0 Å². The van der Waals surface area contributed by atoms with E-state index >= 15 is 0 Å². The number of hydrogen-bond acceptors (Lipinski definition) is 3. The van der Waals surface area contributed by atoms with Gasteiger partial charge >= 0.3 is 5.97 Å². The molecule has 0 atom stereocenters. The fourth-order valence-electron chi connectivity index (χ4n) is 3.29. The summed E-state index contributed by atoms with van der Waals surface area (Å²) in [6.45, 7) is 2.75. The summed E-state index contributed by atoms with van der Waals surface area (Å²) in [5.41, 5.74) is 1.97. The molecule has 21 heavy (non-hydrogen) atoms. The van der Waals surface area contributed by atoms with E-state index in [0.29, 0.717) is 5.56 Å². The summed E-state index contributed by atoms with van der Waals surface area (Å²) in [5.74, 6) is -0.0129. The molecule has 0 amide bonds. The molecule has 112 valence electrons. The number of benzene rings is 1. The average molecular weight is 287 g/mol. The highest BCUT2D eigenvalue weighted by molar-refractivity contribution is 6.01. The van der Waals surface area contributed by atoms with Crippen LogP contribution in [0, 0.1) is 6.92 Å². The number of hydrogen-bond donors (Lipinski definition) is 1. The number of carboxylic acids is 1. The first kappa shape index (κ1) is 14.1. The lowest BCUT2D eigenvalue weighted by atomic mass is 9.75. The second kappa shape index (κ2) is 4.84. The third-order valence-corrected chi connectivity index (χ3v) is 4.87. The van der Waals surface area contributed by atoms with Crippen LogP contribution in [-0.4, -0.2) is 45.2 Å². The van der Waals surface area contributed by atoms with Gasteiger partial charge in [0.1, 0.15) is 5.82 Å². The van der Waals surface area contributed by atoms with Crippen molar-refractivity contribution in [3.8, 4) is 0 Å². The molecule has 1 fully saturated rings. The summed E-state index contributed by atoms with van der Waals surface area (Å²) in [7, 11) is 4.21. The zero-order chi connectivity index (χ0) is 15.2. The Balaban J connectivity index is 2.14. The highest BCUT2D eigenvalue weighted by Crippen LogP contribution is 2.38. The van der Waals surface area contributed by atoms with Crippen molar-refractivity contribution in [3.05, 3.63) is 29.6 Å². The molecule has 2 aromatic rings. The minimum Gasteiger partial charge on any atom is -0.478 e. The Morgan fingerprint density at radius 1 is 1.43 bits per heavy atom. The highest BCUT2D eigenvalue weighted by Gasteiger charge is 2.40. The molecule has 0 radical (unpaired) electrons. The summed E-state index contributed by atoms with van der Waals surface area (Å²) < 4.78 is 2.08. The lowest BCUT2D eigenvalue weighted by Gasteiger charge is -2.47. The van der Waals surface area contributed by atoms with Gasteiger partial charge in [-0.05, 0) is 52.4 Å². The van der Waals surface area contributed by atoms with E-state index < -0.39 is 5.97 Å². The van der Waals surface area contributed by atoms with Crippen molar-refractivity contribution in [1.82, 2.24) is 14.5 Å². The van der Waals surface area contributed by atoms with Crippen LogP contribution >= 0.6 is 0 Å². The van der Waals surface area contributed by atoms with Crippen LogP contribution in [0.2, 0.25) is 0 Å². The smallest absolute Gasteiger partial charge is 0.337 e. The third-order valence-electron chi connectivity index (χ3n) is 4.87. The first-order valence-electron chi connectivity index (χ1n) is 7.31. The number of para-hydroxylation sites is 1. The predicted octanol–water partition coefficient (Wildman–Crippen LogP) is 2.53. The quantitative estimate of drug-likeness (QED) is 0.938. The van der Waals surface area contributed by atoms with Crippen LogP contribution in [-0.2, 0) is 6.54 Å². The maximum atomic E-state index is 11.5. The van der Waals surface area contributed by atoms with Gasteiger partial charge in [0.05, 0.1) is 16.6 Å². The second-order valence-electron chi connectivity index (χ2n) is 6.20. The van der Waals surface area contributed by atoms with Crippen LogP contribution in [0.25, 0.3) is 11.0 Å². The summed E-state index contributed by atoms with van der Waals surface area (Å²) >= 11 is 0. The van der Waals surface area contributed by atoms with Crippen LogP contribution in [0.4, 0.5) is 0 Å². The summed E-state index contributed by atoms with van der Waals surface area (Å²) in [6, 6.07) is 5.30. The molecule has 0 unspecified atom stereocenters. The standard InChI is InChI=1S/C16H21N3O2/c1-11-17-13-7-4-6-12(15(20)21)14(13)19(11)10-16(18(2)3)8-5-9-16/h4,6-7H,5,8-10H2,1-3H3,(H,20,21). The average Bonchev–Trinajstić information content (AvgIpc) is 2.68. The number of likely N-dealkylation sites (N-methyl/N-ethyl adjacent to an activating group) is 1. The van der Waals surface area contributed by atoms with Gasteiger partial charge in [0.25, 0.3) is 0 Å². The molecule has 5 nitrogen and oxygen atoms in total. The van der Waals surface area contributed by atoms with E-state index in [1.54, 1.807) is 12.1 Å². The van der Waals surface area contributed by atoms with Crippen molar-refractivity contribution in [2.45, 2.75) is 38.3 Å². The van der Waals surface area contributed by atoms with Crippen molar-refractivity contribution in [1.29, 1.82) is 0 Å². The van der Waals surface area contributed by atoms with Crippen LogP contribution in [0.5, 0.6) is 0 Å². The van der Waals surface area contributed by atoms with E-state index in [2.05, 4.69) is 28.5 Å². The Hall–Kier alpha value is -1.88. The SMILES string of the molecule is Cc1nc2cccc(C(=O)O)c2n1CC1(N(C)C)CCC1. The molecule has 1 saturated carbocycles. The molecule has 0 bridgehead atoms. The molecule has 1 aromatic carbocycles. The van der Waals surface area contributed by atoms with Gasteiger partial charge in [-0.2, -0.15) is 0 Å². The normalized spacial score (nSPS) is 17.1. The lowest BCUT2D eigenvalue weighted by Crippen LogP contribution is -2.53. The van der Waals surface area contributed by atoms with Crippen molar-refractivity contribution >= 4 is 17.0 Å². The number of nitrogens with zero attached hydrogens (tertiary/aromatic N) is 3. The third kappa shape index (κ3) is 2.12. The second-order valence-corrected chi connectivity index (χ2v) is 6.20. The minimum atomic E-state index is -0.894. The number of aromatic nitrogens is 2. The summed E-state index contributed by atoms with van der Waals surface area (Å²) in [6.07, 6.45) is 3.53. The molecule has 0 saturated heterocycles. The molecule has 0 aliphatic heterocycles. The molecular weight excluding hydrogens is 266 g/mol. The maximum Gasteiger partial charge on any atom is 0.337 e. The molecule has 0 spiro atoms. The lowest BCUT2D eigenvalue weighted by molar-refractivity contribution is 0.0428. The summed E-state index contributed by atoms with van der Waals surface area (Å²) in [5, 5.41) is 9.44. The highest BCUT2D eigenvalue weighted by atomic mass is 16.4. The first-order chi connectivity index (χ1) is 9.94. The first-order valence-corrected chi connectivity index (χ1v) is 7.31. The number of fused-ring (bicyclic) bond motifs is 1. The van der Waals surface area contributed by atoms with E-state index in [0.717, 1.165) is 36.2 Å². The Morgan fingerprint density at radius 3 is 2.67 bits per heavy atom. The molecule has 3 rings (SSSR count). The molecule has 1 heterocycles. The van der Waals surface area contributed by atoms with Gasteiger partial charge in [0.15, 0.2) is 0 Å². The fourth-order valence-corrected chi connectivity index (χ4v) is 3.29. The largest absolute Gasteiger partial charge is 0.478 e. The fraction of sp³-hybridized carbons (Fsp3) is 0.500. The number of aryl methyl sites for hydroxylation is 1. The summed E-state index contributed by atoms with van der Waals surface area (Å²) in [4.78, 5) is 18.3. The van der Waals surface area contributed by atoms with Gasteiger partial charge < -0.3 is 14.6 Å². The van der Waals surface area contributed by atoms with Crippen molar-refractivity contribution < 1.29 is 9.90 Å². The number of carbonyl (C=O) groups is 1. The zero-order valence-corrected chi connectivity index (χ0v) is 12.8. The van der Waals surface area contributed by atoms with Crippen molar-refractivity contribution in [2.75, 3.05) is 14.1 Å². The number of imidazole rings is 1. The van der Waals surface area contributed by atoms with Gasteiger partial charge in [-0.15, -0.1) is 0 Å². The zero-order valence-electron chi connectivity index (χ0n) is 12.8. The van der Waals surface area contributed by atoms with Gasteiger partial charge in [-0.3, -0.25) is 0 Å². The molecule has 1 aliphatic carbocycles. The van der Waals surface area contributed by atoms with Crippen molar-refractivity contribution in [2.24, 2.45) is 0 Å². The Labute approximate surface area is 124 Å². The van der Waals surface area contributed by atoms with Crippen LogP contribution < -0.4 is 0 Å². The van der Waals surface area contributed by atoms with E-state index in [-0.39, 0.29) is 5.54 Å². The van der Waals surface area contributed by atoms with E-state index in [9.17, 15) is 9.90 Å². The van der Waals surface area contributed by atoms with Crippen LogP contribution in [0.1, 0.15) is 35.4 Å². The molecule has 1 aromatic heterocycles. The molecular formula is C16H21N3O2. The predicted molar refractivity (Wildman–Crippen MR) is 81.7 cm³/mol. The Morgan fingerprint density at radius 2 is 2.14 bits per heavy atom. The number of carboxylic acid groups (broad SMARTS) is 1. The Bertz CT molecular complexity index is 699. The molecule has 1 aliphatic rings. The molecule has 1 N–H and O–H groups in total.